The van der Waals surface area contributed by atoms with E-state index in [0.717, 1.165) is 38.3 Å². The van der Waals surface area contributed by atoms with Gasteiger partial charge in [-0.05, 0) is 6.07 Å². The maximum atomic E-state index is 6.08. The van der Waals surface area contributed by atoms with Gasteiger partial charge in [0.25, 0.3) is 0 Å². The first-order chi connectivity index (χ1) is 14.8. The van der Waals surface area contributed by atoms with Crippen molar-refractivity contribution >= 4 is 38.5 Å². The number of para-hydroxylation sites is 1. The van der Waals surface area contributed by atoms with Gasteiger partial charge < -0.3 is 15.0 Å². The van der Waals surface area contributed by atoms with Crippen molar-refractivity contribution in [2.24, 2.45) is 0 Å². The van der Waals surface area contributed by atoms with Crippen molar-refractivity contribution < 1.29 is 4.74 Å². The van der Waals surface area contributed by atoms with Crippen LogP contribution in [0.25, 0.3) is 32.7 Å². The number of nitrogens with zero attached hydrogens (tertiary/aromatic N) is 4. The normalized spacial score (nSPS) is 11.1. The fourth-order valence-corrected chi connectivity index (χ4v) is 3.61. The molecular weight excluding hydrogens is 374 g/mol. The molecule has 3 heterocycles. The van der Waals surface area contributed by atoms with Crippen molar-refractivity contribution in [3.05, 3.63) is 72.8 Å². The summed E-state index contributed by atoms with van der Waals surface area (Å²) in [5.41, 5.74) is 9.55. The molecule has 0 amide bonds. The van der Waals surface area contributed by atoms with Crippen LogP contribution in [0.3, 0.4) is 0 Å². The monoisotopic (exact) mass is 393 g/mol. The molecule has 3 aromatic heterocycles. The number of rotatable bonds is 4. The van der Waals surface area contributed by atoms with E-state index < -0.39 is 0 Å². The Morgan fingerprint density at radius 2 is 1.83 bits per heavy atom. The van der Waals surface area contributed by atoms with Crippen molar-refractivity contribution in [1.82, 2.24) is 19.5 Å². The van der Waals surface area contributed by atoms with Crippen LogP contribution in [0, 0.1) is 11.8 Å². The van der Waals surface area contributed by atoms with Gasteiger partial charge in [-0.25, -0.2) is 9.97 Å². The van der Waals surface area contributed by atoms with Gasteiger partial charge >= 0.3 is 0 Å². The van der Waals surface area contributed by atoms with Gasteiger partial charge in [-0.15, -0.1) is 0 Å². The van der Waals surface area contributed by atoms with Crippen LogP contribution in [0.2, 0.25) is 0 Å². The number of hydrogen-bond acceptors (Lipinski definition) is 5. The van der Waals surface area contributed by atoms with Crippen molar-refractivity contribution in [1.29, 1.82) is 0 Å². The van der Waals surface area contributed by atoms with E-state index in [1.54, 1.807) is 12.5 Å². The third kappa shape index (κ3) is 3.32. The second-order valence-corrected chi connectivity index (χ2v) is 6.91. The second-order valence-electron chi connectivity index (χ2n) is 6.91. The number of fused-ring (bicyclic) bond motifs is 4. The Balaban J connectivity index is 1.28. The first kappa shape index (κ1) is 18.1. The first-order valence-electron chi connectivity index (χ1n) is 9.70. The molecule has 6 heteroatoms. The molecule has 2 N–H and O–H groups in total. The molecule has 0 atom stereocenters. The maximum absolute atomic E-state index is 6.08. The Bertz CT molecular complexity index is 1420. The summed E-state index contributed by atoms with van der Waals surface area (Å²) in [5.74, 6) is 6.69. The van der Waals surface area contributed by atoms with E-state index >= 15 is 0 Å². The van der Waals surface area contributed by atoms with Crippen molar-refractivity contribution in [3.8, 4) is 11.8 Å². The lowest BCUT2D eigenvalue weighted by atomic mass is 10.1. The highest BCUT2D eigenvalue weighted by atomic mass is 16.5. The van der Waals surface area contributed by atoms with Gasteiger partial charge in [0.2, 0.25) is 0 Å². The standard InChI is InChI=1S/C24H19N5O/c25-24-22-23(20-9-3-4-10-21(20)28-24)29(16-27-22)11-13-30-12-5-7-18-15-26-14-17-6-1-2-8-19(17)18/h1-4,6,8-10,14-16H,11-13H2,(H2,25,28). The highest BCUT2D eigenvalue weighted by molar-refractivity contribution is 6.06. The van der Waals surface area contributed by atoms with Gasteiger partial charge in [0.15, 0.2) is 5.82 Å². The SMILES string of the molecule is Nc1nc2ccccc2c2c1ncn2CCOCC#Cc1cncc2ccccc12. The fraction of sp³-hybridized carbons (Fsp3) is 0.125. The lowest BCUT2D eigenvalue weighted by Gasteiger charge is -2.07. The molecule has 5 rings (SSSR count). The summed E-state index contributed by atoms with van der Waals surface area (Å²) in [6.07, 6.45) is 5.42. The minimum absolute atomic E-state index is 0.348. The van der Waals surface area contributed by atoms with Gasteiger partial charge in [-0.2, -0.15) is 0 Å². The van der Waals surface area contributed by atoms with E-state index in [1.807, 2.05) is 48.7 Å². The molecule has 30 heavy (non-hydrogen) atoms. The van der Waals surface area contributed by atoms with E-state index in [9.17, 15) is 0 Å². The Morgan fingerprint density at radius 1 is 1.00 bits per heavy atom. The average Bonchev–Trinajstić information content (AvgIpc) is 3.21. The van der Waals surface area contributed by atoms with Crippen LogP contribution >= 0.6 is 0 Å². The average molecular weight is 393 g/mol. The smallest absolute Gasteiger partial charge is 0.152 e. The molecule has 0 saturated carbocycles. The zero-order valence-electron chi connectivity index (χ0n) is 16.2. The van der Waals surface area contributed by atoms with Gasteiger partial charge in [0.1, 0.15) is 12.1 Å². The highest BCUT2D eigenvalue weighted by Crippen LogP contribution is 2.26. The topological polar surface area (TPSA) is 78.8 Å². The Morgan fingerprint density at radius 3 is 2.77 bits per heavy atom. The number of hydrogen-bond donors (Lipinski definition) is 1. The summed E-state index contributed by atoms with van der Waals surface area (Å²) in [5, 5.41) is 3.21. The molecule has 0 aliphatic carbocycles. The van der Waals surface area contributed by atoms with Crippen LogP contribution in [0.4, 0.5) is 5.82 Å². The van der Waals surface area contributed by atoms with E-state index in [2.05, 4.69) is 37.4 Å². The molecular formula is C24H19N5O. The molecule has 146 valence electrons. The number of imidazole rings is 1. The van der Waals surface area contributed by atoms with Crippen LogP contribution in [0.15, 0.2) is 67.3 Å². The Kier molecular flexibility index (Phi) is 4.72. The third-order valence-electron chi connectivity index (χ3n) is 5.02. The van der Waals surface area contributed by atoms with Gasteiger partial charge in [-0.3, -0.25) is 4.98 Å². The Hall–Kier alpha value is -3.95. The largest absolute Gasteiger partial charge is 0.382 e. The lowest BCUT2D eigenvalue weighted by Crippen LogP contribution is -2.06. The van der Waals surface area contributed by atoms with Crippen molar-refractivity contribution in [3.63, 3.8) is 0 Å². The quantitative estimate of drug-likeness (QED) is 0.371. The second kappa shape index (κ2) is 7.82. The molecule has 5 aromatic rings. The molecule has 6 nitrogen and oxygen atoms in total. The van der Waals surface area contributed by atoms with Gasteiger partial charge in [-0.1, -0.05) is 54.3 Å². The van der Waals surface area contributed by atoms with E-state index in [4.69, 9.17) is 10.5 Å². The minimum Gasteiger partial charge on any atom is -0.382 e. The summed E-state index contributed by atoms with van der Waals surface area (Å²) in [6, 6.07) is 16.0. The molecule has 0 aliphatic rings. The highest BCUT2D eigenvalue weighted by Gasteiger charge is 2.11. The predicted octanol–water partition coefficient (Wildman–Crippen LogP) is 3.78. The van der Waals surface area contributed by atoms with Crippen LogP contribution < -0.4 is 5.73 Å². The number of pyridine rings is 2. The summed E-state index contributed by atoms with van der Waals surface area (Å²) >= 11 is 0. The zero-order valence-corrected chi connectivity index (χ0v) is 16.2. The van der Waals surface area contributed by atoms with Crippen LogP contribution in [0.5, 0.6) is 0 Å². The van der Waals surface area contributed by atoms with Crippen LogP contribution in [-0.2, 0) is 11.3 Å². The fourth-order valence-electron chi connectivity index (χ4n) is 3.61. The van der Waals surface area contributed by atoms with Crippen LogP contribution in [0.1, 0.15) is 5.56 Å². The summed E-state index contributed by atoms with van der Waals surface area (Å²) < 4.78 is 7.80. The Labute approximate surface area is 173 Å². The molecule has 0 radical (unpaired) electrons. The number of ether oxygens (including phenoxy) is 1. The summed E-state index contributed by atoms with van der Waals surface area (Å²) in [4.78, 5) is 13.1. The number of anilines is 1. The minimum atomic E-state index is 0.348. The lowest BCUT2D eigenvalue weighted by molar-refractivity contribution is 0.158. The first-order valence-corrected chi connectivity index (χ1v) is 9.70. The van der Waals surface area contributed by atoms with Crippen molar-refractivity contribution in [2.75, 3.05) is 18.9 Å². The zero-order chi connectivity index (χ0) is 20.3. The van der Waals surface area contributed by atoms with E-state index in [1.165, 1.54) is 0 Å². The molecule has 0 unspecified atom stereocenters. The molecule has 0 fully saturated rings. The summed E-state index contributed by atoms with van der Waals surface area (Å²) in [7, 11) is 0. The van der Waals surface area contributed by atoms with Gasteiger partial charge in [0, 0.05) is 35.1 Å². The molecule has 2 aromatic carbocycles. The summed E-state index contributed by atoms with van der Waals surface area (Å²) in [6.45, 7) is 1.52. The molecule has 0 saturated heterocycles. The van der Waals surface area contributed by atoms with E-state index in [-0.39, 0.29) is 0 Å². The third-order valence-corrected chi connectivity index (χ3v) is 5.02. The number of nitrogen functional groups attached to an aromatic ring is 1. The molecule has 0 spiro atoms. The van der Waals surface area contributed by atoms with Crippen LogP contribution in [-0.4, -0.2) is 32.7 Å². The molecule has 0 bridgehead atoms. The van der Waals surface area contributed by atoms with Gasteiger partial charge in [0.05, 0.1) is 29.5 Å². The number of nitrogens with two attached hydrogens (primary N) is 1. The maximum Gasteiger partial charge on any atom is 0.152 e. The van der Waals surface area contributed by atoms with E-state index in [0.29, 0.717) is 25.6 Å². The molecule has 0 aliphatic heterocycles. The predicted molar refractivity (Wildman–Crippen MR) is 119 cm³/mol. The number of aromatic nitrogens is 4. The number of benzene rings is 2. The van der Waals surface area contributed by atoms with Crippen molar-refractivity contribution in [2.45, 2.75) is 6.54 Å².